The molecule has 0 spiro atoms. The van der Waals surface area contributed by atoms with E-state index in [0.29, 0.717) is 24.2 Å². The average Bonchev–Trinajstić information content (AvgIpc) is 3.33. The lowest BCUT2D eigenvalue weighted by molar-refractivity contribution is -0.137. The molecule has 0 saturated carbocycles. The van der Waals surface area contributed by atoms with E-state index in [1.54, 1.807) is 18.7 Å². The second-order valence-electron chi connectivity index (χ2n) is 6.57. The van der Waals surface area contributed by atoms with Crippen molar-refractivity contribution >= 4 is 33.7 Å². The number of carbonyl (C=O) groups excluding carboxylic acids is 3. The first kappa shape index (κ1) is 20.1. The van der Waals surface area contributed by atoms with Gasteiger partial charge in [-0.15, -0.1) is 0 Å². The van der Waals surface area contributed by atoms with E-state index in [1.807, 2.05) is 24.3 Å². The number of rotatable bonds is 5. The van der Waals surface area contributed by atoms with Gasteiger partial charge in [0, 0.05) is 18.1 Å². The van der Waals surface area contributed by atoms with Crippen LogP contribution >= 0.6 is 15.9 Å². The van der Waals surface area contributed by atoms with Crippen LogP contribution < -0.4 is 10.6 Å². The number of hydrogen-bond acceptors (Lipinski definition) is 4. The van der Waals surface area contributed by atoms with Gasteiger partial charge in [-0.2, -0.15) is 5.10 Å². The van der Waals surface area contributed by atoms with Crippen LogP contribution in [0.2, 0.25) is 0 Å². The Bertz CT molecular complexity index is 893. The molecule has 2 aromatic rings. The van der Waals surface area contributed by atoms with Crippen molar-refractivity contribution in [2.75, 3.05) is 20.1 Å². The smallest absolute Gasteiger partial charge is 0.255 e. The van der Waals surface area contributed by atoms with Gasteiger partial charge in [0.15, 0.2) is 0 Å². The van der Waals surface area contributed by atoms with Crippen molar-refractivity contribution in [3.63, 3.8) is 0 Å². The van der Waals surface area contributed by atoms with E-state index in [-0.39, 0.29) is 24.3 Å². The molecule has 2 N–H and O–H groups in total. The monoisotopic (exact) mass is 447 g/mol. The fourth-order valence-electron chi connectivity index (χ4n) is 3.33. The standard InChI is InChI=1S/C19H22BrN5O3/c1-12-15(10-23-25(12)14-7-5-13(20)6-8-14)18(27)22-11-17(26)24-9-3-4-16(24)19(28)21-2/h5-8,10,16H,3-4,9,11H2,1-2H3,(H,21,28)(H,22,27). The minimum absolute atomic E-state index is 0.158. The molecule has 1 aliphatic heterocycles. The second kappa shape index (κ2) is 8.55. The molecule has 1 aromatic heterocycles. The summed E-state index contributed by atoms with van der Waals surface area (Å²) in [6, 6.07) is 7.11. The zero-order valence-corrected chi connectivity index (χ0v) is 17.3. The van der Waals surface area contributed by atoms with Gasteiger partial charge in [-0.05, 0) is 44.0 Å². The molecule has 0 aliphatic carbocycles. The molecule has 148 valence electrons. The Morgan fingerprint density at radius 2 is 1.96 bits per heavy atom. The summed E-state index contributed by atoms with van der Waals surface area (Å²) in [6.07, 6.45) is 2.90. The van der Waals surface area contributed by atoms with E-state index in [0.717, 1.165) is 16.6 Å². The van der Waals surface area contributed by atoms with Crippen LogP contribution in [0.5, 0.6) is 0 Å². The number of amides is 3. The second-order valence-corrected chi connectivity index (χ2v) is 7.49. The molecule has 0 radical (unpaired) electrons. The summed E-state index contributed by atoms with van der Waals surface area (Å²) in [6.45, 7) is 2.16. The van der Waals surface area contributed by atoms with Gasteiger partial charge in [-0.25, -0.2) is 4.68 Å². The van der Waals surface area contributed by atoms with Crippen molar-refractivity contribution < 1.29 is 14.4 Å². The van der Waals surface area contributed by atoms with Crippen LogP contribution in [0.15, 0.2) is 34.9 Å². The number of nitrogens with zero attached hydrogens (tertiary/aromatic N) is 3. The Morgan fingerprint density at radius 1 is 1.25 bits per heavy atom. The van der Waals surface area contributed by atoms with Gasteiger partial charge >= 0.3 is 0 Å². The first-order chi connectivity index (χ1) is 13.4. The summed E-state index contributed by atoms with van der Waals surface area (Å²) in [5, 5.41) is 9.50. The Hall–Kier alpha value is -2.68. The molecule has 2 heterocycles. The van der Waals surface area contributed by atoms with Gasteiger partial charge in [0.25, 0.3) is 5.91 Å². The Balaban J connectivity index is 1.65. The summed E-state index contributed by atoms with van der Waals surface area (Å²) in [5.41, 5.74) is 1.91. The normalized spacial score (nSPS) is 16.1. The van der Waals surface area contributed by atoms with Crippen molar-refractivity contribution in [1.82, 2.24) is 25.3 Å². The van der Waals surface area contributed by atoms with Crippen LogP contribution in [-0.2, 0) is 9.59 Å². The number of hydrogen-bond donors (Lipinski definition) is 2. The van der Waals surface area contributed by atoms with Crippen LogP contribution in [-0.4, -0.2) is 58.6 Å². The number of benzene rings is 1. The molecule has 0 bridgehead atoms. The summed E-state index contributed by atoms with van der Waals surface area (Å²) in [7, 11) is 1.55. The lowest BCUT2D eigenvalue weighted by Crippen LogP contribution is -2.48. The highest BCUT2D eigenvalue weighted by molar-refractivity contribution is 9.10. The predicted molar refractivity (Wildman–Crippen MR) is 107 cm³/mol. The lowest BCUT2D eigenvalue weighted by Gasteiger charge is -2.23. The third kappa shape index (κ3) is 4.09. The molecule has 1 fully saturated rings. The van der Waals surface area contributed by atoms with E-state index in [9.17, 15) is 14.4 Å². The summed E-state index contributed by atoms with van der Waals surface area (Å²) < 4.78 is 2.63. The quantitative estimate of drug-likeness (QED) is 0.723. The van der Waals surface area contributed by atoms with Crippen LogP contribution in [0.4, 0.5) is 0 Å². The number of likely N-dealkylation sites (N-methyl/N-ethyl adjacent to an activating group) is 1. The molecule has 3 amide bonds. The summed E-state index contributed by atoms with van der Waals surface area (Å²) >= 11 is 3.39. The van der Waals surface area contributed by atoms with Gasteiger partial charge in [0.05, 0.1) is 29.7 Å². The van der Waals surface area contributed by atoms with Gasteiger partial charge in [-0.3, -0.25) is 14.4 Å². The van der Waals surface area contributed by atoms with Gasteiger partial charge < -0.3 is 15.5 Å². The van der Waals surface area contributed by atoms with E-state index < -0.39 is 6.04 Å². The molecule has 8 nitrogen and oxygen atoms in total. The van der Waals surface area contributed by atoms with Crippen molar-refractivity contribution in [2.45, 2.75) is 25.8 Å². The molecule has 1 saturated heterocycles. The molecular formula is C19H22BrN5O3. The van der Waals surface area contributed by atoms with Gasteiger partial charge in [-0.1, -0.05) is 15.9 Å². The van der Waals surface area contributed by atoms with E-state index in [2.05, 4.69) is 31.7 Å². The highest BCUT2D eigenvalue weighted by atomic mass is 79.9. The third-order valence-corrected chi connectivity index (χ3v) is 5.38. The van der Waals surface area contributed by atoms with Crippen LogP contribution in [0.25, 0.3) is 5.69 Å². The predicted octanol–water partition coefficient (Wildman–Crippen LogP) is 1.41. The Labute approximate surface area is 171 Å². The third-order valence-electron chi connectivity index (χ3n) is 4.85. The van der Waals surface area contributed by atoms with Gasteiger partial charge in [0.2, 0.25) is 11.8 Å². The zero-order chi connectivity index (χ0) is 20.3. The topological polar surface area (TPSA) is 96.3 Å². The number of carbonyl (C=O) groups is 3. The van der Waals surface area contributed by atoms with Crippen molar-refractivity contribution in [3.05, 3.63) is 46.2 Å². The summed E-state index contributed by atoms with van der Waals surface area (Å²) in [5.74, 6) is -0.814. The highest BCUT2D eigenvalue weighted by Gasteiger charge is 2.33. The SMILES string of the molecule is CNC(=O)C1CCCN1C(=O)CNC(=O)c1cnn(-c2ccc(Br)cc2)c1C. The summed E-state index contributed by atoms with van der Waals surface area (Å²) in [4.78, 5) is 38.4. The Kier molecular flexibility index (Phi) is 6.13. The lowest BCUT2D eigenvalue weighted by atomic mass is 10.2. The average molecular weight is 448 g/mol. The molecule has 1 aliphatic rings. The van der Waals surface area contributed by atoms with Crippen molar-refractivity contribution in [1.29, 1.82) is 0 Å². The molecule has 1 atom stereocenters. The number of aromatic nitrogens is 2. The maximum atomic E-state index is 12.5. The Morgan fingerprint density at radius 3 is 2.64 bits per heavy atom. The molecule has 9 heteroatoms. The first-order valence-electron chi connectivity index (χ1n) is 9.02. The highest BCUT2D eigenvalue weighted by Crippen LogP contribution is 2.18. The maximum absolute atomic E-state index is 12.5. The molecular weight excluding hydrogens is 426 g/mol. The first-order valence-corrected chi connectivity index (χ1v) is 9.81. The zero-order valence-electron chi connectivity index (χ0n) is 15.7. The van der Waals surface area contributed by atoms with E-state index in [4.69, 9.17) is 0 Å². The van der Waals surface area contributed by atoms with Crippen molar-refractivity contribution in [3.8, 4) is 5.69 Å². The van der Waals surface area contributed by atoms with Crippen LogP contribution in [0, 0.1) is 6.92 Å². The number of halogens is 1. The maximum Gasteiger partial charge on any atom is 0.255 e. The minimum Gasteiger partial charge on any atom is -0.357 e. The van der Waals surface area contributed by atoms with Crippen molar-refractivity contribution in [2.24, 2.45) is 0 Å². The van der Waals surface area contributed by atoms with E-state index >= 15 is 0 Å². The fourth-order valence-corrected chi connectivity index (χ4v) is 3.60. The fraction of sp³-hybridized carbons (Fsp3) is 0.368. The van der Waals surface area contributed by atoms with Gasteiger partial charge in [0.1, 0.15) is 6.04 Å². The molecule has 1 aromatic carbocycles. The van der Waals surface area contributed by atoms with Crippen LogP contribution in [0.3, 0.4) is 0 Å². The molecule has 28 heavy (non-hydrogen) atoms. The molecule has 1 unspecified atom stereocenters. The van der Waals surface area contributed by atoms with E-state index in [1.165, 1.54) is 11.1 Å². The number of nitrogens with one attached hydrogen (secondary N) is 2. The molecule has 3 rings (SSSR count). The largest absolute Gasteiger partial charge is 0.357 e. The number of likely N-dealkylation sites (tertiary alicyclic amines) is 1. The minimum atomic E-state index is -0.462. The van der Waals surface area contributed by atoms with Crippen LogP contribution in [0.1, 0.15) is 28.9 Å².